The highest BCUT2D eigenvalue weighted by Gasteiger charge is 2.24. The molecule has 0 aliphatic carbocycles. The molecule has 6 nitrogen and oxygen atoms in total. The summed E-state index contributed by atoms with van der Waals surface area (Å²) in [5, 5.41) is 13.4. The summed E-state index contributed by atoms with van der Waals surface area (Å²) in [6.07, 6.45) is 0.597. The average Bonchev–Trinajstić information content (AvgIpc) is 2.44. The van der Waals surface area contributed by atoms with E-state index in [1.807, 2.05) is 13.8 Å². The lowest BCUT2D eigenvalue weighted by atomic mass is 10.1. The van der Waals surface area contributed by atoms with E-state index < -0.39 is 0 Å². The molecule has 0 saturated carbocycles. The summed E-state index contributed by atoms with van der Waals surface area (Å²) >= 11 is 0. The summed E-state index contributed by atoms with van der Waals surface area (Å²) in [7, 11) is 0. The molecule has 1 heterocycles. The first-order valence-electron chi connectivity index (χ1n) is 6.49. The Labute approximate surface area is 117 Å². The number of aromatic hydroxyl groups is 1. The topological polar surface area (TPSA) is 82.0 Å². The van der Waals surface area contributed by atoms with E-state index in [1.165, 1.54) is 0 Å². The van der Waals surface area contributed by atoms with E-state index in [0.29, 0.717) is 24.4 Å². The summed E-state index contributed by atoms with van der Waals surface area (Å²) in [5.41, 5.74) is 4.19. The van der Waals surface area contributed by atoms with E-state index in [0.717, 1.165) is 5.56 Å². The summed E-state index contributed by atoms with van der Waals surface area (Å²) in [6.45, 7) is 4.18. The van der Waals surface area contributed by atoms with Crippen LogP contribution in [0.5, 0.6) is 5.75 Å². The Hall–Kier alpha value is -2.37. The number of hydrogen-bond acceptors (Lipinski definition) is 4. The second-order valence-corrected chi connectivity index (χ2v) is 4.61. The maximum atomic E-state index is 12.5. The molecule has 1 aromatic carbocycles. The van der Waals surface area contributed by atoms with E-state index in [-0.39, 0.29) is 24.0 Å². The Bertz CT molecular complexity index is 581. The zero-order valence-corrected chi connectivity index (χ0v) is 11.5. The average molecular weight is 275 g/mol. The third-order valence-corrected chi connectivity index (χ3v) is 3.20. The van der Waals surface area contributed by atoms with Crippen LogP contribution in [0.3, 0.4) is 0 Å². The van der Waals surface area contributed by atoms with Crippen molar-refractivity contribution in [3.8, 4) is 5.75 Å². The van der Waals surface area contributed by atoms with Crippen molar-refractivity contribution in [1.82, 2.24) is 5.43 Å². The van der Waals surface area contributed by atoms with Gasteiger partial charge in [0.1, 0.15) is 11.5 Å². The molecule has 106 valence electrons. The van der Waals surface area contributed by atoms with E-state index in [4.69, 9.17) is 0 Å². The number of aryl methyl sites for hydroxylation is 1. The van der Waals surface area contributed by atoms with Crippen LogP contribution < -0.4 is 10.3 Å². The van der Waals surface area contributed by atoms with Crippen molar-refractivity contribution >= 4 is 23.2 Å². The van der Waals surface area contributed by atoms with Crippen molar-refractivity contribution in [2.75, 3.05) is 11.4 Å². The first kappa shape index (κ1) is 14.0. The number of carbonyl (C=O) groups excluding carboxylic acids is 2. The van der Waals surface area contributed by atoms with Crippen LogP contribution in [0.2, 0.25) is 0 Å². The molecule has 0 aromatic heterocycles. The molecule has 0 spiro atoms. The Morgan fingerprint density at radius 3 is 2.80 bits per heavy atom. The van der Waals surface area contributed by atoms with Gasteiger partial charge in [0.05, 0.1) is 5.69 Å². The standard InChI is InChI=1S/C14H17N3O3/c1-3-17(12-8-10(18)5-4-9(12)2)14(20)11-6-7-13(19)16-15-11/h4-5,8,18H,3,6-7H2,1-2H3,(H,16,19). The van der Waals surface area contributed by atoms with Gasteiger partial charge in [0.25, 0.3) is 5.91 Å². The van der Waals surface area contributed by atoms with Gasteiger partial charge in [0.15, 0.2) is 0 Å². The fourth-order valence-electron chi connectivity index (χ4n) is 2.10. The molecule has 20 heavy (non-hydrogen) atoms. The molecule has 2 N–H and O–H groups in total. The van der Waals surface area contributed by atoms with Crippen molar-refractivity contribution < 1.29 is 14.7 Å². The largest absolute Gasteiger partial charge is 0.508 e. The molecule has 6 heteroatoms. The highest BCUT2D eigenvalue weighted by Crippen LogP contribution is 2.25. The summed E-state index contributed by atoms with van der Waals surface area (Å²) in [6, 6.07) is 4.89. The number of nitrogens with zero attached hydrogens (tertiary/aromatic N) is 2. The van der Waals surface area contributed by atoms with Crippen LogP contribution in [0.4, 0.5) is 5.69 Å². The molecule has 1 aliphatic heterocycles. The van der Waals surface area contributed by atoms with Crippen LogP contribution in [0.15, 0.2) is 23.3 Å². The SMILES string of the molecule is CCN(C(=O)C1=NNC(=O)CC1)c1cc(O)ccc1C. The normalized spacial score (nSPS) is 14.5. The Kier molecular flexibility index (Phi) is 4.02. The fraction of sp³-hybridized carbons (Fsp3) is 0.357. The van der Waals surface area contributed by atoms with Gasteiger partial charge in [0, 0.05) is 25.5 Å². The molecule has 1 aromatic rings. The Balaban J connectivity index is 2.30. The molecule has 2 rings (SSSR count). The predicted octanol–water partition coefficient (Wildman–Crippen LogP) is 1.32. The first-order chi connectivity index (χ1) is 9.52. The number of anilines is 1. The highest BCUT2D eigenvalue weighted by atomic mass is 16.3. The van der Waals surface area contributed by atoms with Crippen LogP contribution in [-0.4, -0.2) is 29.2 Å². The van der Waals surface area contributed by atoms with E-state index in [9.17, 15) is 14.7 Å². The van der Waals surface area contributed by atoms with Gasteiger partial charge in [-0.2, -0.15) is 5.10 Å². The Morgan fingerprint density at radius 2 is 2.20 bits per heavy atom. The number of hydrazone groups is 1. The van der Waals surface area contributed by atoms with Crippen molar-refractivity contribution in [3.05, 3.63) is 23.8 Å². The second-order valence-electron chi connectivity index (χ2n) is 4.61. The predicted molar refractivity (Wildman–Crippen MR) is 75.7 cm³/mol. The zero-order valence-electron chi connectivity index (χ0n) is 11.5. The number of phenols is 1. The third kappa shape index (κ3) is 2.79. The van der Waals surface area contributed by atoms with Gasteiger partial charge < -0.3 is 10.0 Å². The van der Waals surface area contributed by atoms with Crippen LogP contribution in [0.1, 0.15) is 25.3 Å². The first-order valence-corrected chi connectivity index (χ1v) is 6.49. The molecular formula is C14H17N3O3. The molecule has 0 atom stereocenters. The minimum absolute atomic E-state index is 0.107. The molecule has 0 radical (unpaired) electrons. The number of nitrogens with one attached hydrogen (secondary N) is 1. The minimum atomic E-state index is -0.249. The monoisotopic (exact) mass is 275 g/mol. The van der Waals surface area contributed by atoms with Gasteiger partial charge in [0.2, 0.25) is 5.91 Å². The molecular weight excluding hydrogens is 258 g/mol. The summed E-state index contributed by atoms with van der Waals surface area (Å²) in [5.74, 6) is -0.324. The van der Waals surface area contributed by atoms with Gasteiger partial charge in [-0.3, -0.25) is 9.59 Å². The van der Waals surface area contributed by atoms with Crippen LogP contribution >= 0.6 is 0 Å². The van der Waals surface area contributed by atoms with E-state index >= 15 is 0 Å². The quantitative estimate of drug-likeness (QED) is 0.872. The zero-order chi connectivity index (χ0) is 14.7. The number of amides is 2. The van der Waals surface area contributed by atoms with Crippen molar-refractivity contribution in [1.29, 1.82) is 0 Å². The maximum absolute atomic E-state index is 12.5. The minimum Gasteiger partial charge on any atom is -0.508 e. The number of carbonyl (C=O) groups is 2. The summed E-state index contributed by atoms with van der Waals surface area (Å²) < 4.78 is 0. The Morgan fingerprint density at radius 1 is 1.45 bits per heavy atom. The van der Waals surface area contributed by atoms with Gasteiger partial charge in [-0.1, -0.05) is 6.07 Å². The molecule has 0 unspecified atom stereocenters. The highest BCUT2D eigenvalue weighted by molar-refractivity contribution is 6.44. The lowest BCUT2D eigenvalue weighted by Gasteiger charge is -2.24. The van der Waals surface area contributed by atoms with Crippen LogP contribution in [0, 0.1) is 6.92 Å². The van der Waals surface area contributed by atoms with Crippen molar-refractivity contribution in [2.45, 2.75) is 26.7 Å². The number of rotatable bonds is 3. The fourth-order valence-corrected chi connectivity index (χ4v) is 2.10. The smallest absolute Gasteiger partial charge is 0.274 e. The molecule has 0 bridgehead atoms. The second kappa shape index (κ2) is 5.73. The van der Waals surface area contributed by atoms with Gasteiger partial charge in [-0.05, 0) is 25.5 Å². The van der Waals surface area contributed by atoms with Crippen LogP contribution in [0.25, 0.3) is 0 Å². The van der Waals surface area contributed by atoms with E-state index in [2.05, 4.69) is 10.5 Å². The lowest BCUT2D eigenvalue weighted by Crippen LogP contribution is -2.40. The van der Waals surface area contributed by atoms with Gasteiger partial charge in [-0.25, -0.2) is 5.43 Å². The van der Waals surface area contributed by atoms with Crippen molar-refractivity contribution in [3.63, 3.8) is 0 Å². The molecule has 1 aliphatic rings. The van der Waals surface area contributed by atoms with Gasteiger partial charge >= 0.3 is 0 Å². The van der Waals surface area contributed by atoms with Gasteiger partial charge in [-0.15, -0.1) is 0 Å². The molecule has 0 saturated heterocycles. The maximum Gasteiger partial charge on any atom is 0.274 e. The number of phenolic OH excluding ortho intramolecular Hbond substituents is 1. The summed E-state index contributed by atoms with van der Waals surface area (Å²) in [4.78, 5) is 25.1. The van der Waals surface area contributed by atoms with E-state index in [1.54, 1.807) is 23.1 Å². The third-order valence-electron chi connectivity index (χ3n) is 3.20. The lowest BCUT2D eigenvalue weighted by molar-refractivity contribution is -0.121. The number of hydrogen-bond donors (Lipinski definition) is 2. The molecule has 2 amide bonds. The number of benzene rings is 1. The molecule has 0 fully saturated rings. The van der Waals surface area contributed by atoms with Crippen LogP contribution in [-0.2, 0) is 9.59 Å². The van der Waals surface area contributed by atoms with Crippen molar-refractivity contribution in [2.24, 2.45) is 5.10 Å².